The van der Waals surface area contributed by atoms with E-state index in [2.05, 4.69) is 13.8 Å². The Morgan fingerprint density at radius 3 is 2.27 bits per heavy atom. The van der Waals surface area contributed by atoms with Crippen molar-refractivity contribution in [1.82, 2.24) is 0 Å². The van der Waals surface area contributed by atoms with E-state index in [4.69, 9.17) is 23.2 Å². The van der Waals surface area contributed by atoms with Gasteiger partial charge in [-0.3, -0.25) is 14.4 Å². The van der Waals surface area contributed by atoms with Gasteiger partial charge in [0.1, 0.15) is 5.92 Å². The maximum atomic E-state index is 12.5. The minimum Gasteiger partial charge on any atom is -0.298 e. The van der Waals surface area contributed by atoms with Gasteiger partial charge < -0.3 is 0 Å². The van der Waals surface area contributed by atoms with Gasteiger partial charge in [0.05, 0.1) is 5.02 Å². The lowest BCUT2D eigenvalue weighted by Gasteiger charge is -2.26. The van der Waals surface area contributed by atoms with E-state index < -0.39 is 11.7 Å². The Hall–Kier alpha value is -1.19. The summed E-state index contributed by atoms with van der Waals surface area (Å²) in [5, 5.41) is 0.572. The SMILES string of the molecule is CC(C)CC1CC(=O)C(C(=O)c2ccc(Cl)cc2Cl)C(=O)C1. The zero-order valence-electron chi connectivity index (χ0n) is 12.6. The van der Waals surface area contributed by atoms with Crippen LogP contribution in [-0.4, -0.2) is 17.3 Å². The van der Waals surface area contributed by atoms with Gasteiger partial charge in [-0.1, -0.05) is 37.0 Å². The van der Waals surface area contributed by atoms with Gasteiger partial charge in [-0.25, -0.2) is 0 Å². The summed E-state index contributed by atoms with van der Waals surface area (Å²) in [5.74, 6) is -1.84. The molecule has 1 fully saturated rings. The molecule has 0 unspecified atom stereocenters. The van der Waals surface area contributed by atoms with Gasteiger partial charge in [0.25, 0.3) is 0 Å². The number of benzene rings is 1. The number of carbonyl (C=O) groups excluding carboxylic acids is 3. The average Bonchev–Trinajstić information content (AvgIpc) is 2.36. The van der Waals surface area contributed by atoms with E-state index in [1.807, 2.05) is 0 Å². The Kier molecular flexibility index (Phi) is 5.41. The minimum absolute atomic E-state index is 0.0461. The molecule has 1 aromatic rings. The third kappa shape index (κ3) is 3.76. The Morgan fingerprint density at radius 2 is 1.77 bits per heavy atom. The van der Waals surface area contributed by atoms with E-state index in [-0.39, 0.29) is 40.9 Å². The molecular formula is C17H18Cl2O3. The highest BCUT2D eigenvalue weighted by Gasteiger charge is 2.40. The van der Waals surface area contributed by atoms with Crippen molar-refractivity contribution in [3.05, 3.63) is 33.8 Å². The van der Waals surface area contributed by atoms with Crippen molar-refractivity contribution in [3.8, 4) is 0 Å². The Bertz CT molecular complexity index is 604. The lowest BCUT2D eigenvalue weighted by Crippen LogP contribution is -2.39. The largest absolute Gasteiger partial charge is 0.298 e. The van der Waals surface area contributed by atoms with Gasteiger partial charge in [0.2, 0.25) is 0 Å². The smallest absolute Gasteiger partial charge is 0.182 e. The molecule has 118 valence electrons. The third-order valence-corrected chi connectivity index (χ3v) is 4.43. The maximum Gasteiger partial charge on any atom is 0.182 e. The maximum absolute atomic E-state index is 12.5. The fourth-order valence-corrected chi connectivity index (χ4v) is 3.53. The van der Waals surface area contributed by atoms with Crippen LogP contribution in [0, 0.1) is 17.8 Å². The van der Waals surface area contributed by atoms with Gasteiger partial charge in [0.15, 0.2) is 17.3 Å². The van der Waals surface area contributed by atoms with Gasteiger partial charge in [-0.2, -0.15) is 0 Å². The molecule has 0 aliphatic heterocycles. The number of Topliss-reactive ketones (excluding diaryl/α,β-unsaturated/α-hetero) is 3. The van der Waals surface area contributed by atoms with Crippen molar-refractivity contribution in [1.29, 1.82) is 0 Å². The molecule has 0 atom stereocenters. The first-order valence-corrected chi connectivity index (χ1v) is 8.10. The highest BCUT2D eigenvalue weighted by molar-refractivity contribution is 6.38. The van der Waals surface area contributed by atoms with Crippen molar-refractivity contribution >= 4 is 40.6 Å². The summed E-state index contributed by atoms with van der Waals surface area (Å²) in [6.07, 6.45) is 1.39. The van der Waals surface area contributed by atoms with Crippen LogP contribution >= 0.6 is 23.2 Å². The monoisotopic (exact) mass is 340 g/mol. The summed E-state index contributed by atoms with van der Waals surface area (Å²) in [5.41, 5.74) is 0.181. The fourth-order valence-electron chi connectivity index (χ4n) is 3.03. The predicted octanol–water partition coefficient (Wildman–Crippen LogP) is 4.39. The number of ketones is 3. The number of halogens is 2. The zero-order valence-corrected chi connectivity index (χ0v) is 14.1. The van der Waals surface area contributed by atoms with Gasteiger partial charge in [-0.05, 0) is 36.5 Å². The number of hydrogen-bond donors (Lipinski definition) is 0. The van der Waals surface area contributed by atoms with E-state index in [0.29, 0.717) is 10.9 Å². The first-order valence-electron chi connectivity index (χ1n) is 7.34. The van der Waals surface area contributed by atoms with Gasteiger partial charge in [0, 0.05) is 23.4 Å². The van der Waals surface area contributed by atoms with Crippen LogP contribution in [0.3, 0.4) is 0 Å². The van der Waals surface area contributed by atoms with Crippen molar-refractivity contribution in [2.75, 3.05) is 0 Å². The van der Waals surface area contributed by atoms with Crippen LogP contribution in [0.5, 0.6) is 0 Å². The van der Waals surface area contributed by atoms with Crippen LogP contribution in [0.2, 0.25) is 10.0 Å². The highest BCUT2D eigenvalue weighted by atomic mass is 35.5. The van der Waals surface area contributed by atoms with Crippen molar-refractivity contribution < 1.29 is 14.4 Å². The van der Waals surface area contributed by atoms with Crippen LogP contribution in [-0.2, 0) is 9.59 Å². The molecule has 0 N–H and O–H groups in total. The quantitative estimate of drug-likeness (QED) is 0.603. The van der Waals surface area contributed by atoms with E-state index in [1.54, 1.807) is 0 Å². The summed E-state index contributed by atoms with van der Waals surface area (Å²) >= 11 is 11.8. The molecule has 2 rings (SSSR count). The standard InChI is InChI=1S/C17H18Cl2O3/c1-9(2)5-10-6-14(20)16(15(21)7-10)17(22)12-4-3-11(18)8-13(12)19/h3-4,8-10,16H,5-7H2,1-2H3. The summed E-state index contributed by atoms with van der Waals surface area (Å²) in [7, 11) is 0. The molecule has 1 aromatic carbocycles. The predicted molar refractivity (Wildman–Crippen MR) is 86.5 cm³/mol. The molecule has 0 spiro atoms. The Labute approximate surface area is 140 Å². The second-order valence-electron chi connectivity index (χ2n) is 6.26. The lowest BCUT2D eigenvalue weighted by atomic mass is 9.74. The number of rotatable bonds is 4. The van der Waals surface area contributed by atoms with Gasteiger partial charge in [-0.15, -0.1) is 0 Å². The molecule has 1 saturated carbocycles. The normalized spacial score (nSPS) is 22.2. The minimum atomic E-state index is -1.21. The van der Waals surface area contributed by atoms with Crippen LogP contribution in [0.15, 0.2) is 18.2 Å². The highest BCUT2D eigenvalue weighted by Crippen LogP contribution is 2.32. The van der Waals surface area contributed by atoms with Gasteiger partial charge >= 0.3 is 0 Å². The average molecular weight is 341 g/mol. The molecule has 3 nitrogen and oxygen atoms in total. The van der Waals surface area contributed by atoms with Crippen LogP contribution in [0.4, 0.5) is 0 Å². The summed E-state index contributed by atoms with van der Waals surface area (Å²) < 4.78 is 0. The molecule has 0 aromatic heterocycles. The summed E-state index contributed by atoms with van der Waals surface area (Å²) in [6, 6.07) is 4.43. The molecular weight excluding hydrogens is 323 g/mol. The summed E-state index contributed by atoms with van der Waals surface area (Å²) in [4.78, 5) is 37.1. The number of hydrogen-bond acceptors (Lipinski definition) is 3. The molecule has 0 radical (unpaired) electrons. The van der Waals surface area contributed by atoms with Crippen LogP contribution < -0.4 is 0 Å². The van der Waals surface area contributed by atoms with Crippen molar-refractivity contribution in [2.45, 2.75) is 33.1 Å². The van der Waals surface area contributed by atoms with E-state index in [9.17, 15) is 14.4 Å². The van der Waals surface area contributed by atoms with E-state index >= 15 is 0 Å². The van der Waals surface area contributed by atoms with E-state index in [1.165, 1.54) is 18.2 Å². The Balaban J connectivity index is 2.20. The third-order valence-electron chi connectivity index (χ3n) is 3.89. The molecule has 22 heavy (non-hydrogen) atoms. The molecule has 0 saturated heterocycles. The first-order chi connectivity index (χ1) is 10.3. The fraction of sp³-hybridized carbons (Fsp3) is 0.471. The summed E-state index contributed by atoms with van der Waals surface area (Å²) in [6.45, 7) is 4.11. The molecule has 0 amide bonds. The molecule has 0 heterocycles. The molecule has 1 aliphatic rings. The van der Waals surface area contributed by atoms with Crippen LogP contribution in [0.25, 0.3) is 0 Å². The Morgan fingerprint density at radius 1 is 1.18 bits per heavy atom. The molecule has 5 heteroatoms. The van der Waals surface area contributed by atoms with Crippen molar-refractivity contribution in [2.24, 2.45) is 17.8 Å². The lowest BCUT2D eigenvalue weighted by molar-refractivity contribution is -0.135. The van der Waals surface area contributed by atoms with E-state index in [0.717, 1.165) is 6.42 Å². The second kappa shape index (κ2) is 6.93. The second-order valence-corrected chi connectivity index (χ2v) is 7.10. The molecule has 0 bridgehead atoms. The van der Waals surface area contributed by atoms with Crippen LogP contribution in [0.1, 0.15) is 43.5 Å². The first kappa shape index (κ1) is 17.2. The zero-order chi connectivity index (χ0) is 16.4. The van der Waals surface area contributed by atoms with Crippen molar-refractivity contribution in [3.63, 3.8) is 0 Å². The number of carbonyl (C=O) groups is 3. The topological polar surface area (TPSA) is 51.2 Å². The molecule has 1 aliphatic carbocycles.